The summed E-state index contributed by atoms with van der Waals surface area (Å²) in [7, 11) is 0. The molecule has 2 heteroatoms. The Hall–Kier alpha value is -0.690. The van der Waals surface area contributed by atoms with Crippen LogP contribution in [-0.4, -0.2) is 0 Å². The Balaban J connectivity index is 2.00. The molecule has 0 radical (unpaired) electrons. The van der Waals surface area contributed by atoms with E-state index in [0.717, 1.165) is 5.92 Å². The molecule has 2 N–H and O–H groups in total. The van der Waals surface area contributed by atoms with E-state index in [2.05, 4.69) is 6.07 Å². The first kappa shape index (κ1) is 10.8. The molecular weight excluding hydrogens is 206 g/mol. The highest BCUT2D eigenvalue weighted by Crippen LogP contribution is 2.28. The van der Waals surface area contributed by atoms with Crippen LogP contribution in [0.1, 0.15) is 37.7 Å². The van der Waals surface area contributed by atoms with Crippen molar-refractivity contribution < 1.29 is 0 Å². The van der Waals surface area contributed by atoms with Gasteiger partial charge >= 0.3 is 0 Å². The molecule has 0 saturated heterocycles. The topological polar surface area (TPSA) is 26.0 Å². The van der Waals surface area contributed by atoms with Crippen molar-refractivity contribution in [2.24, 2.45) is 5.92 Å². The molecule has 0 heterocycles. The van der Waals surface area contributed by atoms with Crippen molar-refractivity contribution in [3.63, 3.8) is 0 Å². The van der Waals surface area contributed by atoms with Gasteiger partial charge in [-0.25, -0.2) is 0 Å². The maximum absolute atomic E-state index is 6.01. The van der Waals surface area contributed by atoms with Crippen LogP contribution < -0.4 is 5.73 Å². The predicted molar refractivity (Wildman–Crippen MR) is 66.1 cm³/mol. The fourth-order valence-electron chi connectivity index (χ4n) is 2.42. The van der Waals surface area contributed by atoms with E-state index in [1.165, 1.54) is 44.1 Å². The van der Waals surface area contributed by atoms with E-state index in [-0.39, 0.29) is 0 Å². The first-order chi connectivity index (χ1) is 7.25. The summed E-state index contributed by atoms with van der Waals surface area (Å²) in [5, 5.41) is 0.698. The van der Waals surface area contributed by atoms with Gasteiger partial charge in [-0.3, -0.25) is 0 Å². The van der Waals surface area contributed by atoms with Crippen LogP contribution in [0.15, 0.2) is 18.2 Å². The van der Waals surface area contributed by atoms with Gasteiger partial charge in [0.2, 0.25) is 0 Å². The minimum atomic E-state index is 0.684. The number of hydrogen-bond acceptors (Lipinski definition) is 1. The highest BCUT2D eigenvalue weighted by atomic mass is 35.5. The molecular formula is C13H18ClN. The van der Waals surface area contributed by atoms with Gasteiger partial charge in [0.1, 0.15) is 0 Å². The molecule has 0 amide bonds. The molecule has 0 aromatic heterocycles. The molecule has 1 fully saturated rings. The van der Waals surface area contributed by atoms with Gasteiger partial charge in [0, 0.05) is 0 Å². The van der Waals surface area contributed by atoms with Crippen LogP contribution in [0.3, 0.4) is 0 Å². The fourth-order valence-corrected chi connectivity index (χ4v) is 2.63. The zero-order chi connectivity index (χ0) is 10.7. The Labute approximate surface area is 96.6 Å². The van der Waals surface area contributed by atoms with Gasteiger partial charge in [-0.15, -0.1) is 0 Å². The molecule has 0 aliphatic heterocycles. The molecule has 1 nitrogen and oxygen atoms in total. The standard InChI is InChI=1S/C13H18ClN/c14-12-9-11(6-7-13(12)15)8-10-4-2-1-3-5-10/h6-7,9-10H,1-5,8,15H2. The second-order valence-corrected chi connectivity index (χ2v) is 4.97. The van der Waals surface area contributed by atoms with Crippen LogP contribution in [0.5, 0.6) is 0 Å². The lowest BCUT2D eigenvalue weighted by Crippen LogP contribution is -2.09. The highest BCUT2D eigenvalue weighted by Gasteiger charge is 2.14. The number of rotatable bonds is 2. The molecule has 0 unspecified atom stereocenters. The Morgan fingerprint density at radius 1 is 1.20 bits per heavy atom. The number of benzene rings is 1. The van der Waals surface area contributed by atoms with Gasteiger partial charge in [-0.05, 0) is 30.0 Å². The average molecular weight is 224 g/mol. The number of nitrogen functional groups attached to an aromatic ring is 1. The maximum Gasteiger partial charge on any atom is 0.0638 e. The molecule has 1 aromatic carbocycles. The molecule has 15 heavy (non-hydrogen) atoms. The first-order valence-electron chi connectivity index (χ1n) is 5.79. The number of nitrogens with two attached hydrogens (primary N) is 1. The lowest BCUT2D eigenvalue weighted by atomic mass is 9.85. The lowest BCUT2D eigenvalue weighted by Gasteiger charge is -2.21. The zero-order valence-electron chi connectivity index (χ0n) is 9.01. The molecule has 1 aliphatic carbocycles. The predicted octanol–water partition coefficient (Wildman–Crippen LogP) is 4.05. The fraction of sp³-hybridized carbons (Fsp3) is 0.538. The maximum atomic E-state index is 6.01. The summed E-state index contributed by atoms with van der Waals surface area (Å²) in [6.07, 6.45) is 8.13. The molecule has 82 valence electrons. The number of hydrogen-bond donors (Lipinski definition) is 1. The van der Waals surface area contributed by atoms with Crippen LogP contribution in [0.25, 0.3) is 0 Å². The third-order valence-electron chi connectivity index (χ3n) is 3.31. The van der Waals surface area contributed by atoms with Crippen molar-refractivity contribution in [2.75, 3.05) is 5.73 Å². The summed E-state index contributed by atoms with van der Waals surface area (Å²) in [5.41, 5.74) is 7.71. The van der Waals surface area contributed by atoms with Crippen molar-refractivity contribution in [2.45, 2.75) is 38.5 Å². The van der Waals surface area contributed by atoms with Crippen LogP contribution >= 0.6 is 11.6 Å². The van der Waals surface area contributed by atoms with E-state index in [1.807, 2.05) is 12.1 Å². The SMILES string of the molecule is Nc1ccc(CC2CCCCC2)cc1Cl. The van der Waals surface area contributed by atoms with Gasteiger partial charge in [0.15, 0.2) is 0 Å². The van der Waals surface area contributed by atoms with Gasteiger partial charge in [-0.1, -0.05) is 49.8 Å². The summed E-state index contributed by atoms with van der Waals surface area (Å²) in [4.78, 5) is 0. The molecule has 0 bridgehead atoms. The summed E-state index contributed by atoms with van der Waals surface area (Å²) in [6.45, 7) is 0. The van der Waals surface area contributed by atoms with Gasteiger partial charge in [0.05, 0.1) is 10.7 Å². The molecule has 1 saturated carbocycles. The minimum absolute atomic E-state index is 0.684. The first-order valence-corrected chi connectivity index (χ1v) is 6.17. The zero-order valence-corrected chi connectivity index (χ0v) is 9.76. The largest absolute Gasteiger partial charge is 0.398 e. The third-order valence-corrected chi connectivity index (χ3v) is 3.64. The molecule has 2 rings (SSSR count). The van der Waals surface area contributed by atoms with E-state index in [0.29, 0.717) is 10.7 Å². The monoisotopic (exact) mass is 223 g/mol. The summed E-state index contributed by atoms with van der Waals surface area (Å²) < 4.78 is 0. The smallest absolute Gasteiger partial charge is 0.0638 e. The second-order valence-electron chi connectivity index (χ2n) is 4.56. The van der Waals surface area contributed by atoms with Crippen molar-refractivity contribution >= 4 is 17.3 Å². The number of halogens is 1. The van der Waals surface area contributed by atoms with E-state index in [1.54, 1.807) is 0 Å². The van der Waals surface area contributed by atoms with Crippen molar-refractivity contribution in [1.82, 2.24) is 0 Å². The quantitative estimate of drug-likeness (QED) is 0.753. The summed E-state index contributed by atoms with van der Waals surface area (Å²) in [5.74, 6) is 0.860. The Morgan fingerprint density at radius 2 is 1.93 bits per heavy atom. The summed E-state index contributed by atoms with van der Waals surface area (Å²) >= 11 is 6.01. The average Bonchev–Trinajstić information content (AvgIpc) is 2.25. The van der Waals surface area contributed by atoms with E-state index in [9.17, 15) is 0 Å². The molecule has 1 aliphatic rings. The lowest BCUT2D eigenvalue weighted by molar-refractivity contribution is 0.356. The van der Waals surface area contributed by atoms with Crippen molar-refractivity contribution in [3.8, 4) is 0 Å². The Morgan fingerprint density at radius 3 is 2.60 bits per heavy atom. The van der Waals surface area contributed by atoms with Crippen LogP contribution in [0, 0.1) is 5.92 Å². The van der Waals surface area contributed by atoms with Crippen molar-refractivity contribution in [1.29, 1.82) is 0 Å². The summed E-state index contributed by atoms with van der Waals surface area (Å²) in [6, 6.07) is 6.04. The van der Waals surface area contributed by atoms with Crippen LogP contribution in [0.4, 0.5) is 5.69 Å². The van der Waals surface area contributed by atoms with Gasteiger partial charge in [-0.2, -0.15) is 0 Å². The van der Waals surface area contributed by atoms with E-state index >= 15 is 0 Å². The second kappa shape index (κ2) is 4.89. The van der Waals surface area contributed by atoms with Gasteiger partial charge < -0.3 is 5.73 Å². The van der Waals surface area contributed by atoms with Crippen LogP contribution in [-0.2, 0) is 6.42 Å². The highest BCUT2D eigenvalue weighted by molar-refractivity contribution is 6.33. The van der Waals surface area contributed by atoms with E-state index in [4.69, 9.17) is 17.3 Å². The molecule has 0 spiro atoms. The Kier molecular flexibility index (Phi) is 3.53. The minimum Gasteiger partial charge on any atom is -0.398 e. The Bertz CT molecular complexity index is 329. The number of anilines is 1. The van der Waals surface area contributed by atoms with Crippen LogP contribution in [0.2, 0.25) is 5.02 Å². The molecule has 0 atom stereocenters. The normalized spacial score (nSPS) is 17.9. The molecule has 1 aromatic rings. The van der Waals surface area contributed by atoms with E-state index < -0.39 is 0 Å². The van der Waals surface area contributed by atoms with Crippen molar-refractivity contribution in [3.05, 3.63) is 28.8 Å². The third kappa shape index (κ3) is 2.88. The van der Waals surface area contributed by atoms with Gasteiger partial charge in [0.25, 0.3) is 0 Å².